The molecular formula is C29H29F9N2O4. The number of anilines is 1. The molecule has 44 heavy (non-hydrogen) atoms. The van der Waals surface area contributed by atoms with Gasteiger partial charge >= 0.3 is 30.7 Å². The van der Waals surface area contributed by atoms with Crippen molar-refractivity contribution in [2.45, 2.75) is 83.3 Å². The van der Waals surface area contributed by atoms with Gasteiger partial charge in [-0.25, -0.2) is 9.59 Å². The first kappa shape index (κ1) is 33.2. The second-order valence-corrected chi connectivity index (χ2v) is 11.2. The Morgan fingerprint density at radius 3 is 1.93 bits per heavy atom. The molecule has 1 aliphatic heterocycles. The van der Waals surface area contributed by atoms with Crippen LogP contribution in [0.25, 0.3) is 0 Å². The molecule has 0 saturated heterocycles. The normalized spacial score (nSPS) is 19.1. The molecule has 0 spiro atoms. The van der Waals surface area contributed by atoms with Crippen LogP contribution in [-0.2, 0) is 34.5 Å². The fourth-order valence-corrected chi connectivity index (χ4v) is 5.53. The minimum Gasteiger partial charge on any atom is -0.453 e. The smallest absolute Gasteiger partial charge is 0.416 e. The van der Waals surface area contributed by atoms with Gasteiger partial charge in [-0.2, -0.15) is 39.5 Å². The van der Waals surface area contributed by atoms with E-state index < -0.39 is 77.7 Å². The lowest BCUT2D eigenvalue weighted by molar-refractivity contribution is -0.143. The molecule has 2 aromatic rings. The van der Waals surface area contributed by atoms with Gasteiger partial charge in [0.25, 0.3) is 0 Å². The van der Waals surface area contributed by atoms with Crippen molar-refractivity contribution in [3.8, 4) is 0 Å². The van der Waals surface area contributed by atoms with Crippen LogP contribution in [0.3, 0.4) is 0 Å². The molecule has 0 radical (unpaired) electrons. The van der Waals surface area contributed by atoms with Gasteiger partial charge in [0.15, 0.2) is 0 Å². The average molecular weight is 641 g/mol. The molecule has 1 saturated carbocycles. The molecule has 1 aliphatic carbocycles. The average Bonchev–Trinajstić information content (AvgIpc) is 3.73. The van der Waals surface area contributed by atoms with Gasteiger partial charge in [0, 0.05) is 12.6 Å². The third-order valence-electron chi connectivity index (χ3n) is 7.58. The number of amides is 2. The number of carbonyl (C=O) groups is 2. The summed E-state index contributed by atoms with van der Waals surface area (Å²) < 4.78 is 134. The SMILES string of the molecule is COC(=O)N(Cc1cc(C(F)(F)F)cc(C(F)(F)F)c1)[C@@H]1C[C@H](C2CC2)N(C(=O)OC(C)C)c2cc(C)c(C(F)(F)F)cc21. The highest BCUT2D eigenvalue weighted by Gasteiger charge is 2.48. The Balaban J connectivity index is 1.92. The number of ether oxygens (including phenoxy) is 2. The summed E-state index contributed by atoms with van der Waals surface area (Å²) in [5.41, 5.74) is -5.35. The number of carbonyl (C=O) groups excluding carboxylic acids is 2. The van der Waals surface area contributed by atoms with Gasteiger partial charge in [0.2, 0.25) is 0 Å². The first-order valence-electron chi connectivity index (χ1n) is 13.6. The standard InChI is InChI=1S/C29H29F9N2O4/c1-14(2)44-26(42)40-22(17-5-6-17)12-23(20-11-21(29(36,37)38)15(3)7-24(20)40)39(25(41)43-4)13-16-8-18(27(30,31)32)10-19(9-16)28(33,34)35/h7-11,14,17,22-23H,5-6,12-13H2,1-4H3/t22-,23-/m1/s1. The number of hydrogen-bond acceptors (Lipinski definition) is 4. The van der Waals surface area contributed by atoms with Crippen molar-refractivity contribution < 1.29 is 58.6 Å². The molecule has 15 heteroatoms. The van der Waals surface area contributed by atoms with E-state index in [0.717, 1.165) is 24.1 Å². The van der Waals surface area contributed by atoms with Gasteiger partial charge in [0.1, 0.15) is 0 Å². The highest BCUT2D eigenvalue weighted by Crippen LogP contribution is 2.51. The van der Waals surface area contributed by atoms with E-state index in [1.807, 2.05) is 0 Å². The maximum Gasteiger partial charge on any atom is 0.416 e. The zero-order valence-corrected chi connectivity index (χ0v) is 24.0. The summed E-state index contributed by atoms with van der Waals surface area (Å²) in [4.78, 5) is 28.4. The summed E-state index contributed by atoms with van der Waals surface area (Å²) in [7, 11) is 0.924. The summed E-state index contributed by atoms with van der Waals surface area (Å²) in [6.45, 7) is 3.48. The minimum absolute atomic E-state index is 0.0109. The van der Waals surface area contributed by atoms with Crippen molar-refractivity contribution in [1.82, 2.24) is 4.90 Å². The lowest BCUT2D eigenvalue weighted by atomic mass is 9.85. The number of fused-ring (bicyclic) bond motifs is 1. The Morgan fingerprint density at radius 1 is 0.909 bits per heavy atom. The number of hydrogen-bond donors (Lipinski definition) is 0. The van der Waals surface area contributed by atoms with Crippen molar-refractivity contribution in [2.24, 2.45) is 5.92 Å². The van der Waals surface area contributed by atoms with E-state index in [1.54, 1.807) is 13.8 Å². The van der Waals surface area contributed by atoms with E-state index in [9.17, 15) is 49.1 Å². The Labute approximate surface area is 246 Å². The zero-order valence-electron chi connectivity index (χ0n) is 24.0. The van der Waals surface area contributed by atoms with Crippen molar-refractivity contribution in [2.75, 3.05) is 12.0 Å². The highest BCUT2D eigenvalue weighted by molar-refractivity contribution is 5.91. The molecule has 2 aromatic carbocycles. The summed E-state index contributed by atoms with van der Waals surface area (Å²) in [5.74, 6) is -0.141. The largest absolute Gasteiger partial charge is 0.453 e. The van der Waals surface area contributed by atoms with Crippen molar-refractivity contribution >= 4 is 17.9 Å². The van der Waals surface area contributed by atoms with E-state index in [4.69, 9.17) is 9.47 Å². The first-order chi connectivity index (χ1) is 20.2. The van der Waals surface area contributed by atoms with Crippen LogP contribution in [0, 0.1) is 12.8 Å². The lowest BCUT2D eigenvalue weighted by Crippen LogP contribution is -2.50. The number of benzene rings is 2. The number of halogens is 9. The van der Waals surface area contributed by atoms with Crippen LogP contribution >= 0.6 is 0 Å². The number of nitrogens with zero attached hydrogens (tertiary/aromatic N) is 2. The van der Waals surface area contributed by atoms with Crippen molar-refractivity contribution in [3.63, 3.8) is 0 Å². The molecule has 1 fully saturated rings. The third kappa shape index (κ3) is 7.01. The van der Waals surface area contributed by atoms with Crippen LogP contribution in [0.2, 0.25) is 0 Å². The van der Waals surface area contributed by atoms with E-state index in [2.05, 4.69) is 0 Å². The molecular weight excluding hydrogens is 611 g/mol. The van der Waals surface area contributed by atoms with Gasteiger partial charge in [0.05, 0.1) is 41.6 Å². The van der Waals surface area contributed by atoms with Crippen LogP contribution in [0.1, 0.15) is 72.5 Å². The Bertz CT molecular complexity index is 1380. The van der Waals surface area contributed by atoms with Gasteiger partial charge < -0.3 is 9.47 Å². The minimum atomic E-state index is -5.17. The fraction of sp³-hybridized carbons (Fsp3) is 0.517. The Morgan fingerprint density at radius 2 is 1.48 bits per heavy atom. The molecule has 242 valence electrons. The van der Waals surface area contributed by atoms with E-state index in [1.165, 1.54) is 11.8 Å². The monoisotopic (exact) mass is 640 g/mol. The van der Waals surface area contributed by atoms with Gasteiger partial charge in [-0.3, -0.25) is 9.80 Å². The van der Waals surface area contributed by atoms with Gasteiger partial charge in [-0.1, -0.05) is 0 Å². The highest BCUT2D eigenvalue weighted by atomic mass is 19.4. The second kappa shape index (κ2) is 11.7. The van der Waals surface area contributed by atoms with Gasteiger partial charge in [-0.05, 0) is 93.0 Å². The Hall–Kier alpha value is -3.65. The number of alkyl halides is 9. The molecule has 2 atom stereocenters. The molecule has 2 amide bonds. The first-order valence-corrected chi connectivity index (χ1v) is 13.6. The number of rotatable bonds is 5. The lowest BCUT2D eigenvalue weighted by Gasteiger charge is -2.44. The van der Waals surface area contributed by atoms with Crippen LogP contribution in [-0.4, -0.2) is 36.3 Å². The van der Waals surface area contributed by atoms with Crippen LogP contribution in [0.4, 0.5) is 54.8 Å². The second-order valence-electron chi connectivity index (χ2n) is 11.2. The molecule has 0 unspecified atom stereocenters. The predicted molar refractivity (Wildman–Crippen MR) is 139 cm³/mol. The summed E-state index contributed by atoms with van der Waals surface area (Å²) in [6.07, 6.45) is -16.7. The molecule has 0 aromatic heterocycles. The van der Waals surface area contributed by atoms with Crippen LogP contribution in [0.15, 0.2) is 30.3 Å². The van der Waals surface area contributed by atoms with E-state index in [-0.39, 0.29) is 35.2 Å². The van der Waals surface area contributed by atoms with Crippen molar-refractivity contribution in [1.29, 1.82) is 0 Å². The van der Waals surface area contributed by atoms with Crippen LogP contribution in [0.5, 0.6) is 0 Å². The summed E-state index contributed by atoms with van der Waals surface area (Å²) in [6, 6.07) is 0.666. The molecule has 1 heterocycles. The van der Waals surface area contributed by atoms with Gasteiger partial charge in [-0.15, -0.1) is 0 Å². The number of aryl methyl sites for hydroxylation is 1. The zero-order chi connectivity index (χ0) is 32.9. The topological polar surface area (TPSA) is 59.1 Å². The Kier molecular flexibility index (Phi) is 8.84. The van der Waals surface area contributed by atoms with E-state index in [0.29, 0.717) is 25.0 Å². The summed E-state index contributed by atoms with van der Waals surface area (Å²) in [5, 5.41) is 0. The third-order valence-corrected chi connectivity index (χ3v) is 7.58. The van der Waals surface area contributed by atoms with Crippen molar-refractivity contribution in [3.05, 3.63) is 63.7 Å². The van der Waals surface area contributed by atoms with Crippen LogP contribution < -0.4 is 4.90 Å². The quantitative estimate of drug-likeness (QED) is 0.307. The van der Waals surface area contributed by atoms with E-state index >= 15 is 0 Å². The maximum absolute atomic E-state index is 14.0. The molecule has 6 nitrogen and oxygen atoms in total. The maximum atomic E-state index is 14.0. The molecule has 2 aliphatic rings. The molecule has 0 bridgehead atoms. The fourth-order valence-electron chi connectivity index (χ4n) is 5.53. The summed E-state index contributed by atoms with van der Waals surface area (Å²) >= 11 is 0. The molecule has 4 rings (SSSR count). The predicted octanol–water partition coefficient (Wildman–Crippen LogP) is 8.89. The number of methoxy groups -OCH3 is 1. The molecule has 0 N–H and O–H groups in total.